The first-order valence-electron chi connectivity index (χ1n) is 13.3. The second-order valence-corrected chi connectivity index (χ2v) is 10.6. The van der Waals surface area contributed by atoms with E-state index in [2.05, 4.69) is 10.2 Å². The number of hydrogen-bond donors (Lipinski definition) is 2. The van der Waals surface area contributed by atoms with Crippen molar-refractivity contribution in [2.45, 2.75) is 58.0 Å². The zero-order valence-electron chi connectivity index (χ0n) is 23.7. The number of nitrogens with zero attached hydrogens (tertiary/aromatic N) is 5. The van der Waals surface area contributed by atoms with E-state index in [0.29, 0.717) is 51.3 Å². The Kier molecular flexibility index (Phi) is 10.5. The number of alkyl halides is 4. The van der Waals surface area contributed by atoms with Crippen LogP contribution in [0.1, 0.15) is 49.8 Å². The van der Waals surface area contributed by atoms with Gasteiger partial charge in [-0.3, -0.25) is 0 Å². The van der Waals surface area contributed by atoms with Crippen molar-refractivity contribution in [2.75, 3.05) is 43.9 Å². The average molecular weight is 605 g/mol. The van der Waals surface area contributed by atoms with Crippen LogP contribution in [-0.2, 0) is 17.8 Å². The SMILES string of the molecule is CC(C)Nc1nc2c(nc1N1CCC(C(F)c3ccc(F)cc3F)CC1)CCN(C(=O)N(C)C)C2.O=C(O)C(F)(F)F. The Morgan fingerprint density at radius 3 is 2.21 bits per heavy atom. The summed E-state index contributed by atoms with van der Waals surface area (Å²) in [6, 6.07) is 3.10. The van der Waals surface area contributed by atoms with Crippen molar-refractivity contribution in [1.82, 2.24) is 19.8 Å². The molecule has 9 nitrogen and oxygen atoms in total. The van der Waals surface area contributed by atoms with Crippen LogP contribution < -0.4 is 10.2 Å². The van der Waals surface area contributed by atoms with Crippen molar-refractivity contribution in [3.05, 3.63) is 46.8 Å². The molecule has 2 aliphatic heterocycles. The number of nitrogens with one attached hydrogen (secondary N) is 1. The highest BCUT2D eigenvalue weighted by Gasteiger charge is 2.38. The van der Waals surface area contributed by atoms with Crippen molar-refractivity contribution >= 4 is 23.6 Å². The van der Waals surface area contributed by atoms with Crippen molar-refractivity contribution in [3.63, 3.8) is 0 Å². The van der Waals surface area contributed by atoms with E-state index in [9.17, 15) is 26.7 Å². The fourth-order valence-electron chi connectivity index (χ4n) is 4.74. The summed E-state index contributed by atoms with van der Waals surface area (Å²) in [5.74, 6) is -3.29. The van der Waals surface area contributed by atoms with Crippen LogP contribution >= 0.6 is 0 Å². The Bertz CT molecular complexity index is 1270. The molecule has 232 valence electrons. The summed E-state index contributed by atoms with van der Waals surface area (Å²) in [4.78, 5) is 36.5. The molecule has 0 bridgehead atoms. The van der Waals surface area contributed by atoms with E-state index >= 15 is 4.39 Å². The monoisotopic (exact) mass is 604 g/mol. The molecule has 2 amide bonds. The van der Waals surface area contributed by atoms with Crippen LogP contribution in [0.3, 0.4) is 0 Å². The zero-order chi connectivity index (χ0) is 31.4. The molecule has 2 aromatic rings. The minimum Gasteiger partial charge on any atom is -0.475 e. The summed E-state index contributed by atoms with van der Waals surface area (Å²) in [7, 11) is 3.46. The summed E-state index contributed by atoms with van der Waals surface area (Å²) >= 11 is 0. The Hall–Kier alpha value is -3.78. The van der Waals surface area contributed by atoms with E-state index in [4.69, 9.17) is 19.9 Å². The Morgan fingerprint density at radius 1 is 1.07 bits per heavy atom. The molecular weight excluding hydrogens is 570 g/mol. The summed E-state index contributed by atoms with van der Waals surface area (Å²) < 4.78 is 74.2. The zero-order valence-corrected chi connectivity index (χ0v) is 23.7. The molecule has 1 aromatic carbocycles. The second-order valence-electron chi connectivity index (χ2n) is 10.6. The quantitative estimate of drug-likeness (QED) is 0.454. The van der Waals surface area contributed by atoms with Gasteiger partial charge in [-0.1, -0.05) is 6.07 Å². The lowest BCUT2D eigenvalue weighted by Gasteiger charge is -2.36. The van der Waals surface area contributed by atoms with E-state index in [0.717, 1.165) is 29.3 Å². The number of hydrogen-bond acceptors (Lipinski definition) is 6. The number of halogens is 6. The van der Waals surface area contributed by atoms with E-state index in [-0.39, 0.29) is 23.6 Å². The molecule has 3 heterocycles. The maximum Gasteiger partial charge on any atom is 0.490 e. The molecule has 0 radical (unpaired) electrons. The van der Waals surface area contributed by atoms with E-state index < -0.39 is 30.0 Å². The predicted molar refractivity (Wildman–Crippen MR) is 143 cm³/mol. The van der Waals surface area contributed by atoms with Gasteiger partial charge >= 0.3 is 18.2 Å². The van der Waals surface area contributed by atoms with Gasteiger partial charge in [0, 0.05) is 57.8 Å². The predicted octanol–water partition coefficient (Wildman–Crippen LogP) is 5.18. The normalized spacial score (nSPS) is 16.4. The molecule has 0 saturated carbocycles. The van der Waals surface area contributed by atoms with Crippen LogP contribution in [-0.4, -0.2) is 82.8 Å². The highest BCUT2D eigenvalue weighted by atomic mass is 19.4. The average Bonchev–Trinajstić information content (AvgIpc) is 2.91. The molecule has 1 aromatic heterocycles. The van der Waals surface area contributed by atoms with Gasteiger partial charge in [-0.25, -0.2) is 32.7 Å². The third-order valence-corrected chi connectivity index (χ3v) is 6.83. The van der Waals surface area contributed by atoms with Gasteiger partial charge in [-0.05, 0) is 38.7 Å². The van der Waals surface area contributed by atoms with Crippen LogP contribution in [0.4, 0.5) is 42.8 Å². The summed E-state index contributed by atoms with van der Waals surface area (Å²) in [5, 5.41) is 10.5. The summed E-state index contributed by atoms with van der Waals surface area (Å²) in [6.45, 7) is 6.12. The van der Waals surface area contributed by atoms with Crippen LogP contribution in [0.25, 0.3) is 0 Å². The molecule has 0 aliphatic carbocycles. The van der Waals surface area contributed by atoms with Gasteiger partial charge in [0.25, 0.3) is 0 Å². The number of carboxylic acids is 1. The first-order valence-corrected chi connectivity index (χ1v) is 13.3. The van der Waals surface area contributed by atoms with Crippen LogP contribution in [0.2, 0.25) is 0 Å². The standard InChI is InChI=1S/C25H33F3N6O.C2HF3O2/c1-15(2)29-23-24(31-20-9-12-34(14-21(20)30-23)25(35)32(3)4)33-10-7-16(8-11-33)22(28)18-6-5-17(26)13-19(18)27;3-2(4,5)1(6)7/h5-6,13,15-16,22H,7-12,14H2,1-4H3,(H,29,30);(H,6,7). The first kappa shape index (κ1) is 32.7. The highest BCUT2D eigenvalue weighted by molar-refractivity contribution is 5.74. The lowest BCUT2D eigenvalue weighted by atomic mass is 9.88. The van der Waals surface area contributed by atoms with E-state index in [1.807, 2.05) is 13.8 Å². The van der Waals surface area contributed by atoms with Crippen LogP contribution in [0.15, 0.2) is 18.2 Å². The third kappa shape index (κ3) is 8.16. The summed E-state index contributed by atoms with van der Waals surface area (Å²) in [5.41, 5.74) is 1.57. The molecule has 1 saturated heterocycles. The Balaban J connectivity index is 0.000000616. The molecule has 2 N–H and O–H groups in total. The number of rotatable bonds is 5. The topological polar surface area (TPSA) is 102 Å². The highest BCUT2D eigenvalue weighted by Crippen LogP contribution is 2.37. The number of benzene rings is 1. The van der Waals surface area contributed by atoms with Gasteiger partial charge in [-0.2, -0.15) is 13.2 Å². The van der Waals surface area contributed by atoms with Gasteiger partial charge in [0.1, 0.15) is 17.8 Å². The molecule has 4 rings (SSSR count). The van der Waals surface area contributed by atoms with Crippen molar-refractivity contribution in [3.8, 4) is 0 Å². The summed E-state index contributed by atoms with van der Waals surface area (Å²) in [6.07, 6.45) is -4.92. The minimum absolute atomic E-state index is 0.0552. The number of aliphatic carboxylic acids is 1. The molecule has 1 fully saturated rings. The number of carbonyl (C=O) groups is 2. The van der Waals surface area contributed by atoms with Gasteiger partial charge in [-0.15, -0.1) is 0 Å². The fraction of sp³-hybridized carbons (Fsp3) is 0.556. The molecule has 0 spiro atoms. The Labute approximate surface area is 239 Å². The fourth-order valence-corrected chi connectivity index (χ4v) is 4.74. The maximum atomic E-state index is 15.1. The number of urea groups is 1. The van der Waals surface area contributed by atoms with Gasteiger partial charge in [0.05, 0.1) is 17.9 Å². The smallest absolute Gasteiger partial charge is 0.475 e. The number of anilines is 2. The van der Waals surface area contributed by atoms with E-state index in [1.165, 1.54) is 6.07 Å². The van der Waals surface area contributed by atoms with Crippen LogP contribution in [0, 0.1) is 17.6 Å². The molecule has 42 heavy (non-hydrogen) atoms. The Morgan fingerprint density at radius 2 is 1.69 bits per heavy atom. The maximum absolute atomic E-state index is 15.1. The lowest BCUT2D eigenvalue weighted by Crippen LogP contribution is -2.43. The van der Waals surface area contributed by atoms with Crippen molar-refractivity contribution < 1.29 is 41.0 Å². The molecule has 1 atom stereocenters. The number of carbonyl (C=O) groups excluding carboxylic acids is 1. The van der Waals surface area contributed by atoms with Crippen molar-refractivity contribution in [2.24, 2.45) is 5.92 Å². The first-order chi connectivity index (χ1) is 19.6. The van der Waals surface area contributed by atoms with Crippen molar-refractivity contribution in [1.29, 1.82) is 0 Å². The van der Waals surface area contributed by atoms with Crippen LogP contribution in [0.5, 0.6) is 0 Å². The number of amides is 2. The molecule has 15 heteroatoms. The number of aromatic nitrogens is 2. The minimum atomic E-state index is -5.08. The largest absolute Gasteiger partial charge is 0.490 e. The van der Waals surface area contributed by atoms with Gasteiger partial charge in [0.2, 0.25) is 0 Å². The molecule has 2 aliphatic rings. The molecule has 1 unspecified atom stereocenters. The van der Waals surface area contributed by atoms with Gasteiger partial charge < -0.3 is 25.1 Å². The third-order valence-electron chi connectivity index (χ3n) is 6.83. The number of fused-ring (bicyclic) bond motifs is 1. The second kappa shape index (κ2) is 13.5. The molecular formula is C27H34F6N6O3. The van der Waals surface area contributed by atoms with E-state index in [1.54, 1.807) is 23.9 Å². The lowest BCUT2D eigenvalue weighted by molar-refractivity contribution is -0.192. The number of piperidine rings is 1. The number of carboxylic acid groups (broad SMARTS) is 1. The van der Waals surface area contributed by atoms with Gasteiger partial charge in [0.15, 0.2) is 11.6 Å².